The van der Waals surface area contributed by atoms with Crippen molar-refractivity contribution < 1.29 is 32.2 Å². The van der Waals surface area contributed by atoms with Crippen molar-refractivity contribution >= 4 is 5.91 Å². The van der Waals surface area contributed by atoms with Gasteiger partial charge in [-0.15, -0.1) is 13.2 Å². The maximum atomic E-state index is 12.3. The molecule has 8 heteroatoms. The first kappa shape index (κ1) is 20.4. The highest BCUT2D eigenvalue weighted by molar-refractivity contribution is 5.80. The summed E-state index contributed by atoms with van der Waals surface area (Å²) < 4.78 is 50.8. The summed E-state index contributed by atoms with van der Waals surface area (Å²) in [7, 11) is 3.04. The third-order valence-electron chi connectivity index (χ3n) is 3.83. The van der Waals surface area contributed by atoms with Gasteiger partial charge in [-0.05, 0) is 42.8 Å². The average molecular weight is 383 g/mol. The molecule has 5 nitrogen and oxygen atoms in total. The molecule has 0 heterocycles. The predicted molar refractivity (Wildman–Crippen MR) is 92.9 cm³/mol. The zero-order valence-corrected chi connectivity index (χ0v) is 15.1. The monoisotopic (exact) mass is 383 g/mol. The number of nitrogens with one attached hydrogen (secondary N) is 1. The van der Waals surface area contributed by atoms with Crippen molar-refractivity contribution in [3.8, 4) is 17.2 Å². The van der Waals surface area contributed by atoms with Crippen LogP contribution in [0.4, 0.5) is 13.2 Å². The van der Waals surface area contributed by atoms with Gasteiger partial charge in [-0.2, -0.15) is 0 Å². The fourth-order valence-electron chi connectivity index (χ4n) is 2.53. The summed E-state index contributed by atoms with van der Waals surface area (Å²) in [5.74, 6) is 0.592. The van der Waals surface area contributed by atoms with Crippen molar-refractivity contribution in [3.63, 3.8) is 0 Å². The summed E-state index contributed by atoms with van der Waals surface area (Å²) in [6.07, 6.45) is -4.67. The van der Waals surface area contributed by atoms with Gasteiger partial charge in [0.1, 0.15) is 17.2 Å². The molecule has 0 aromatic heterocycles. The standard InChI is InChI=1S/C19H20F3NO4/c1-12(13-4-6-15(7-5-13)27-19(20,21)22)23-18(24)11-14-10-16(25-2)8-9-17(14)26-3/h4-10,12H,11H2,1-3H3,(H,23,24). The number of rotatable bonds is 7. The molecule has 1 amide bonds. The molecule has 0 saturated heterocycles. The summed E-state index contributed by atoms with van der Waals surface area (Å²) in [4.78, 5) is 12.3. The molecule has 0 aliphatic rings. The Kier molecular flexibility index (Phi) is 6.55. The fraction of sp³-hybridized carbons (Fsp3) is 0.316. The number of hydrogen-bond donors (Lipinski definition) is 1. The third kappa shape index (κ3) is 6.09. The van der Waals surface area contributed by atoms with Crippen LogP contribution in [0.5, 0.6) is 17.2 Å². The van der Waals surface area contributed by atoms with Gasteiger partial charge in [0, 0.05) is 5.56 Å². The minimum absolute atomic E-state index is 0.0694. The molecular formula is C19H20F3NO4. The molecule has 0 bridgehead atoms. The van der Waals surface area contributed by atoms with Crippen LogP contribution in [0.3, 0.4) is 0 Å². The van der Waals surface area contributed by atoms with E-state index in [1.807, 2.05) is 0 Å². The van der Waals surface area contributed by atoms with E-state index < -0.39 is 12.4 Å². The number of ether oxygens (including phenoxy) is 3. The molecule has 2 aromatic carbocycles. The molecule has 0 fully saturated rings. The van der Waals surface area contributed by atoms with Crippen LogP contribution in [0.25, 0.3) is 0 Å². The Morgan fingerprint density at radius 1 is 1.04 bits per heavy atom. The summed E-state index contributed by atoms with van der Waals surface area (Å²) in [5.41, 5.74) is 1.31. The lowest BCUT2D eigenvalue weighted by Crippen LogP contribution is -2.28. The van der Waals surface area contributed by atoms with E-state index in [9.17, 15) is 18.0 Å². The maximum absolute atomic E-state index is 12.3. The van der Waals surface area contributed by atoms with E-state index >= 15 is 0 Å². The van der Waals surface area contributed by atoms with Gasteiger partial charge in [0.15, 0.2) is 0 Å². The Morgan fingerprint density at radius 2 is 1.67 bits per heavy atom. The zero-order chi connectivity index (χ0) is 20.0. The highest BCUT2D eigenvalue weighted by atomic mass is 19.4. The minimum Gasteiger partial charge on any atom is -0.497 e. The zero-order valence-electron chi connectivity index (χ0n) is 15.1. The number of methoxy groups -OCH3 is 2. The quantitative estimate of drug-likeness (QED) is 0.785. The number of hydrogen-bond acceptors (Lipinski definition) is 4. The van der Waals surface area contributed by atoms with Crippen molar-refractivity contribution in [2.45, 2.75) is 25.7 Å². The minimum atomic E-state index is -4.74. The highest BCUT2D eigenvalue weighted by Gasteiger charge is 2.31. The molecule has 1 N–H and O–H groups in total. The van der Waals surface area contributed by atoms with Crippen LogP contribution < -0.4 is 19.5 Å². The molecule has 146 valence electrons. The van der Waals surface area contributed by atoms with Gasteiger partial charge < -0.3 is 19.5 Å². The van der Waals surface area contributed by atoms with Crippen LogP contribution in [0, 0.1) is 0 Å². The Balaban J connectivity index is 2.01. The summed E-state index contributed by atoms with van der Waals surface area (Å²) in [6, 6.07) is 10.1. The Labute approximate surface area is 155 Å². The van der Waals surface area contributed by atoms with E-state index in [0.717, 1.165) is 0 Å². The molecule has 2 rings (SSSR count). The third-order valence-corrected chi connectivity index (χ3v) is 3.83. The summed E-state index contributed by atoms with van der Waals surface area (Å²) in [6.45, 7) is 1.74. The summed E-state index contributed by atoms with van der Waals surface area (Å²) >= 11 is 0. The van der Waals surface area contributed by atoms with Gasteiger partial charge in [0.05, 0.1) is 26.7 Å². The van der Waals surface area contributed by atoms with Gasteiger partial charge in [-0.25, -0.2) is 0 Å². The molecule has 1 atom stereocenters. The van der Waals surface area contributed by atoms with E-state index in [-0.39, 0.29) is 18.1 Å². The molecule has 1 unspecified atom stereocenters. The number of halogens is 3. The molecule has 0 radical (unpaired) electrons. The Bertz CT molecular complexity index is 776. The van der Waals surface area contributed by atoms with E-state index in [1.54, 1.807) is 25.1 Å². The first-order valence-electron chi connectivity index (χ1n) is 8.08. The smallest absolute Gasteiger partial charge is 0.497 e. The molecule has 27 heavy (non-hydrogen) atoms. The van der Waals surface area contributed by atoms with Crippen molar-refractivity contribution in [1.82, 2.24) is 5.32 Å². The number of carbonyl (C=O) groups excluding carboxylic acids is 1. The van der Waals surface area contributed by atoms with Gasteiger partial charge in [-0.3, -0.25) is 4.79 Å². The lowest BCUT2D eigenvalue weighted by Gasteiger charge is -2.16. The Morgan fingerprint density at radius 3 is 2.22 bits per heavy atom. The van der Waals surface area contributed by atoms with Crippen molar-refractivity contribution in [2.24, 2.45) is 0 Å². The van der Waals surface area contributed by atoms with Crippen molar-refractivity contribution in [2.75, 3.05) is 14.2 Å². The molecule has 0 aliphatic heterocycles. The van der Waals surface area contributed by atoms with Gasteiger partial charge in [-0.1, -0.05) is 12.1 Å². The van der Waals surface area contributed by atoms with E-state index in [4.69, 9.17) is 9.47 Å². The van der Waals surface area contributed by atoms with Gasteiger partial charge >= 0.3 is 6.36 Å². The van der Waals surface area contributed by atoms with E-state index in [2.05, 4.69) is 10.1 Å². The average Bonchev–Trinajstić information content (AvgIpc) is 2.60. The SMILES string of the molecule is COc1ccc(OC)c(CC(=O)NC(C)c2ccc(OC(F)(F)F)cc2)c1. The van der Waals surface area contributed by atoms with Crippen molar-refractivity contribution in [1.29, 1.82) is 0 Å². The van der Waals surface area contributed by atoms with Crippen LogP contribution in [0.1, 0.15) is 24.1 Å². The van der Waals surface area contributed by atoms with Crippen LogP contribution in [-0.2, 0) is 11.2 Å². The topological polar surface area (TPSA) is 56.8 Å². The highest BCUT2D eigenvalue weighted by Crippen LogP contribution is 2.26. The second kappa shape index (κ2) is 8.66. The number of amides is 1. The molecule has 2 aromatic rings. The van der Waals surface area contributed by atoms with Crippen LogP contribution in [0.15, 0.2) is 42.5 Å². The molecule has 0 saturated carbocycles. The first-order chi connectivity index (χ1) is 12.7. The second-order valence-electron chi connectivity index (χ2n) is 5.76. The number of benzene rings is 2. The van der Waals surface area contributed by atoms with Crippen LogP contribution in [-0.4, -0.2) is 26.5 Å². The molecule has 0 aliphatic carbocycles. The van der Waals surface area contributed by atoms with Crippen LogP contribution in [0.2, 0.25) is 0 Å². The molecular weight excluding hydrogens is 363 g/mol. The van der Waals surface area contributed by atoms with E-state index in [1.165, 1.54) is 38.5 Å². The lowest BCUT2D eigenvalue weighted by molar-refractivity contribution is -0.274. The number of alkyl halides is 3. The first-order valence-corrected chi connectivity index (χ1v) is 8.08. The fourth-order valence-corrected chi connectivity index (χ4v) is 2.53. The Hall–Kier alpha value is -2.90. The number of carbonyl (C=O) groups is 1. The maximum Gasteiger partial charge on any atom is 0.573 e. The van der Waals surface area contributed by atoms with Crippen LogP contribution >= 0.6 is 0 Å². The van der Waals surface area contributed by atoms with Gasteiger partial charge in [0.2, 0.25) is 5.91 Å². The normalized spacial score (nSPS) is 12.2. The second-order valence-corrected chi connectivity index (χ2v) is 5.76. The largest absolute Gasteiger partial charge is 0.573 e. The van der Waals surface area contributed by atoms with E-state index in [0.29, 0.717) is 22.6 Å². The summed E-state index contributed by atoms with van der Waals surface area (Å²) in [5, 5.41) is 2.80. The lowest BCUT2D eigenvalue weighted by atomic mass is 10.1. The van der Waals surface area contributed by atoms with Crippen molar-refractivity contribution in [3.05, 3.63) is 53.6 Å². The van der Waals surface area contributed by atoms with Gasteiger partial charge in [0.25, 0.3) is 0 Å². The predicted octanol–water partition coefficient (Wildman–Crippen LogP) is 4.02. The molecule has 0 spiro atoms.